The number of fused-ring (bicyclic) bond motifs is 1. The Morgan fingerprint density at radius 2 is 2.27 bits per heavy atom. The number of thiophene rings is 1. The van der Waals surface area contributed by atoms with Crippen LogP contribution in [0.1, 0.15) is 5.56 Å². The van der Waals surface area contributed by atoms with Crippen LogP contribution >= 0.6 is 22.9 Å². The highest BCUT2D eigenvalue weighted by atomic mass is 35.5. The van der Waals surface area contributed by atoms with Gasteiger partial charge in [0.25, 0.3) is 0 Å². The molecule has 3 heteroatoms. The van der Waals surface area contributed by atoms with Gasteiger partial charge in [-0.25, -0.2) is 0 Å². The maximum Gasteiger partial charge on any atom is 0.0595 e. The molecule has 2 aromatic heterocycles. The fourth-order valence-electron chi connectivity index (χ4n) is 1.11. The molecule has 56 valence electrons. The highest BCUT2D eigenvalue weighted by Gasteiger charge is 2.03. The van der Waals surface area contributed by atoms with Gasteiger partial charge in [0.2, 0.25) is 0 Å². The van der Waals surface area contributed by atoms with E-state index in [1.807, 2.05) is 24.7 Å². The number of pyridine rings is 1. The number of rotatable bonds is 0. The molecule has 0 radical (unpaired) electrons. The van der Waals surface area contributed by atoms with Crippen molar-refractivity contribution >= 4 is 33.0 Å². The Morgan fingerprint density at radius 3 is 3.00 bits per heavy atom. The molecule has 0 fully saturated rings. The minimum atomic E-state index is 0.838. The lowest BCUT2D eigenvalue weighted by Gasteiger charge is -1.93. The Hall–Kier alpha value is -0.600. The third kappa shape index (κ3) is 1.03. The zero-order valence-corrected chi connectivity index (χ0v) is 7.54. The van der Waals surface area contributed by atoms with Crippen molar-refractivity contribution < 1.29 is 0 Å². The van der Waals surface area contributed by atoms with Crippen molar-refractivity contribution in [2.75, 3.05) is 0 Å². The number of aromatic nitrogens is 1. The van der Waals surface area contributed by atoms with E-state index in [9.17, 15) is 0 Å². The average Bonchev–Trinajstić information content (AvgIpc) is 2.34. The minimum absolute atomic E-state index is 0.838. The molecular formula is C8H6ClNS. The molecule has 0 N–H and O–H groups in total. The quantitative estimate of drug-likeness (QED) is 0.611. The first kappa shape index (κ1) is 7.07. The van der Waals surface area contributed by atoms with Gasteiger partial charge in [-0.3, -0.25) is 4.98 Å². The van der Waals surface area contributed by atoms with Crippen LogP contribution in [0.5, 0.6) is 0 Å². The molecule has 0 saturated heterocycles. The van der Waals surface area contributed by atoms with Crippen LogP contribution in [0, 0.1) is 6.92 Å². The van der Waals surface area contributed by atoms with E-state index in [0.717, 1.165) is 20.7 Å². The second-order valence-electron chi connectivity index (χ2n) is 2.41. The van der Waals surface area contributed by atoms with E-state index in [1.165, 1.54) is 0 Å². The summed E-state index contributed by atoms with van der Waals surface area (Å²) in [6.45, 7) is 2.02. The second kappa shape index (κ2) is 2.47. The SMILES string of the molecule is Cc1cncc2scc(Cl)c12. The molecule has 1 nitrogen and oxygen atoms in total. The summed E-state index contributed by atoms with van der Waals surface area (Å²) in [6, 6.07) is 0. The van der Waals surface area contributed by atoms with Crippen LogP contribution in [-0.4, -0.2) is 4.98 Å². The number of hydrogen-bond donors (Lipinski definition) is 0. The highest BCUT2D eigenvalue weighted by molar-refractivity contribution is 7.17. The van der Waals surface area contributed by atoms with Crippen molar-refractivity contribution in [1.82, 2.24) is 4.98 Å². The molecule has 0 bridgehead atoms. The van der Waals surface area contributed by atoms with Gasteiger partial charge in [-0.15, -0.1) is 11.3 Å². The first-order valence-electron chi connectivity index (χ1n) is 3.26. The Labute approximate surface area is 73.6 Å². The fourth-order valence-corrected chi connectivity index (χ4v) is 2.41. The van der Waals surface area contributed by atoms with Gasteiger partial charge in [0, 0.05) is 23.2 Å². The first-order chi connectivity index (χ1) is 5.29. The molecule has 0 saturated carbocycles. The third-order valence-electron chi connectivity index (χ3n) is 1.63. The maximum absolute atomic E-state index is 5.96. The van der Waals surface area contributed by atoms with Crippen LogP contribution in [0.15, 0.2) is 17.8 Å². The van der Waals surface area contributed by atoms with Crippen molar-refractivity contribution in [2.45, 2.75) is 6.92 Å². The lowest BCUT2D eigenvalue weighted by atomic mass is 10.2. The van der Waals surface area contributed by atoms with Crippen molar-refractivity contribution in [2.24, 2.45) is 0 Å². The molecule has 0 unspecified atom stereocenters. The summed E-state index contributed by atoms with van der Waals surface area (Å²) < 4.78 is 1.16. The molecule has 2 heterocycles. The number of halogens is 1. The monoisotopic (exact) mass is 183 g/mol. The lowest BCUT2D eigenvalue weighted by molar-refractivity contribution is 1.32. The van der Waals surface area contributed by atoms with Gasteiger partial charge in [0.1, 0.15) is 0 Å². The zero-order valence-electron chi connectivity index (χ0n) is 5.97. The largest absolute Gasteiger partial charge is 0.263 e. The smallest absolute Gasteiger partial charge is 0.0595 e. The van der Waals surface area contributed by atoms with Crippen LogP contribution < -0.4 is 0 Å². The second-order valence-corrected chi connectivity index (χ2v) is 3.73. The minimum Gasteiger partial charge on any atom is -0.263 e. The van der Waals surface area contributed by atoms with E-state index in [1.54, 1.807) is 11.3 Å². The van der Waals surface area contributed by atoms with Gasteiger partial charge >= 0.3 is 0 Å². The molecule has 0 atom stereocenters. The molecule has 0 aliphatic carbocycles. The average molecular weight is 184 g/mol. The Balaban J connectivity index is 2.96. The van der Waals surface area contributed by atoms with Crippen molar-refractivity contribution in [3.8, 4) is 0 Å². The maximum atomic E-state index is 5.96. The van der Waals surface area contributed by atoms with E-state index in [0.29, 0.717) is 0 Å². The molecule has 0 aliphatic rings. The predicted molar refractivity (Wildman–Crippen MR) is 49.4 cm³/mol. The summed E-state index contributed by atoms with van der Waals surface area (Å²) in [5.74, 6) is 0. The van der Waals surface area contributed by atoms with Crippen LogP contribution in [0.4, 0.5) is 0 Å². The summed E-state index contributed by atoms with van der Waals surface area (Å²) >= 11 is 7.59. The van der Waals surface area contributed by atoms with Gasteiger partial charge in [0.15, 0.2) is 0 Å². The predicted octanol–water partition coefficient (Wildman–Crippen LogP) is 3.26. The van der Waals surface area contributed by atoms with Crippen LogP contribution in [0.25, 0.3) is 10.1 Å². The lowest BCUT2D eigenvalue weighted by Crippen LogP contribution is -1.75. The fraction of sp³-hybridized carbons (Fsp3) is 0.125. The van der Waals surface area contributed by atoms with E-state index in [4.69, 9.17) is 11.6 Å². The normalized spacial score (nSPS) is 10.7. The summed E-state index contributed by atoms with van der Waals surface area (Å²) in [5, 5.41) is 3.93. The molecule has 0 aliphatic heterocycles. The van der Waals surface area contributed by atoms with E-state index in [2.05, 4.69) is 4.98 Å². The van der Waals surface area contributed by atoms with E-state index in [-0.39, 0.29) is 0 Å². The molecule has 2 rings (SSSR count). The van der Waals surface area contributed by atoms with Gasteiger partial charge in [-0.1, -0.05) is 11.6 Å². The van der Waals surface area contributed by atoms with Gasteiger partial charge < -0.3 is 0 Å². The summed E-state index contributed by atoms with van der Waals surface area (Å²) in [4.78, 5) is 4.08. The molecule has 0 amide bonds. The molecule has 0 spiro atoms. The summed E-state index contributed by atoms with van der Waals surface area (Å²) in [5.41, 5.74) is 1.15. The van der Waals surface area contributed by atoms with Gasteiger partial charge in [-0.2, -0.15) is 0 Å². The third-order valence-corrected chi connectivity index (χ3v) is 2.97. The number of nitrogens with zero attached hydrogens (tertiary/aromatic N) is 1. The van der Waals surface area contributed by atoms with Crippen LogP contribution in [-0.2, 0) is 0 Å². The van der Waals surface area contributed by atoms with E-state index >= 15 is 0 Å². The molecule has 11 heavy (non-hydrogen) atoms. The molecule has 2 aromatic rings. The van der Waals surface area contributed by atoms with Gasteiger partial charge in [0.05, 0.1) is 9.72 Å². The Morgan fingerprint density at radius 1 is 1.45 bits per heavy atom. The standard InChI is InChI=1S/C8H6ClNS/c1-5-2-10-3-7-8(5)6(9)4-11-7/h2-4H,1H3. The van der Waals surface area contributed by atoms with Crippen molar-refractivity contribution in [3.05, 3.63) is 28.4 Å². The summed E-state index contributed by atoms with van der Waals surface area (Å²) in [6.07, 6.45) is 3.68. The topological polar surface area (TPSA) is 12.9 Å². The molecular weight excluding hydrogens is 178 g/mol. The van der Waals surface area contributed by atoms with Crippen LogP contribution in [0.3, 0.4) is 0 Å². The van der Waals surface area contributed by atoms with Gasteiger partial charge in [-0.05, 0) is 12.5 Å². The van der Waals surface area contributed by atoms with E-state index < -0.39 is 0 Å². The van der Waals surface area contributed by atoms with Crippen LogP contribution in [0.2, 0.25) is 5.02 Å². The van der Waals surface area contributed by atoms with Crippen molar-refractivity contribution in [1.29, 1.82) is 0 Å². The first-order valence-corrected chi connectivity index (χ1v) is 4.52. The number of aryl methyl sites for hydroxylation is 1. The highest BCUT2D eigenvalue weighted by Crippen LogP contribution is 2.31. The summed E-state index contributed by atoms with van der Waals surface area (Å²) in [7, 11) is 0. The number of hydrogen-bond acceptors (Lipinski definition) is 2. The molecule has 0 aromatic carbocycles. The Kier molecular flexibility index (Phi) is 1.59. The Bertz CT molecular complexity index is 394. The zero-order chi connectivity index (χ0) is 7.84. The van der Waals surface area contributed by atoms with Crippen molar-refractivity contribution in [3.63, 3.8) is 0 Å².